The highest BCUT2D eigenvalue weighted by Gasteiger charge is 2.25. The van der Waals surface area contributed by atoms with E-state index in [1.807, 2.05) is 0 Å². The van der Waals surface area contributed by atoms with E-state index < -0.39 is 26.8 Å². The molecule has 108 valence electrons. The van der Waals surface area contributed by atoms with Gasteiger partial charge in [-0.05, 0) is 38.0 Å². The molecule has 0 spiro atoms. The minimum Gasteiger partial charge on any atom is -0.398 e. The van der Waals surface area contributed by atoms with Crippen LogP contribution in [-0.4, -0.2) is 37.5 Å². The van der Waals surface area contributed by atoms with E-state index >= 15 is 0 Å². The minimum atomic E-state index is -3.94. The predicted molar refractivity (Wildman–Crippen MR) is 71.7 cm³/mol. The molecule has 1 aromatic carbocycles. The van der Waals surface area contributed by atoms with Crippen LogP contribution in [-0.2, 0) is 10.0 Å². The third kappa shape index (κ3) is 3.65. The lowest BCUT2D eigenvalue weighted by Crippen LogP contribution is -2.30. The molecule has 3 N–H and O–H groups in total. The van der Waals surface area contributed by atoms with Crippen LogP contribution in [0.1, 0.15) is 18.9 Å². The third-order valence-corrected chi connectivity index (χ3v) is 4.74. The van der Waals surface area contributed by atoms with Crippen molar-refractivity contribution in [2.24, 2.45) is 0 Å². The summed E-state index contributed by atoms with van der Waals surface area (Å²) in [5, 5.41) is 9.16. The molecule has 5 nitrogen and oxygen atoms in total. The van der Waals surface area contributed by atoms with Crippen molar-refractivity contribution in [2.45, 2.75) is 31.3 Å². The number of anilines is 1. The first-order valence-electron chi connectivity index (χ1n) is 5.86. The van der Waals surface area contributed by atoms with Crippen molar-refractivity contribution in [3.63, 3.8) is 0 Å². The number of sulfonamides is 1. The SMILES string of the molecule is Cc1cc(F)c(S(=O)(=O)N(C)CCC(C)O)cc1N. The van der Waals surface area contributed by atoms with Crippen molar-refractivity contribution in [3.05, 3.63) is 23.5 Å². The van der Waals surface area contributed by atoms with Gasteiger partial charge in [0.05, 0.1) is 6.10 Å². The molecule has 0 heterocycles. The Labute approximate surface area is 112 Å². The van der Waals surface area contributed by atoms with Crippen LogP contribution in [0.25, 0.3) is 0 Å². The van der Waals surface area contributed by atoms with E-state index in [0.717, 1.165) is 16.4 Å². The van der Waals surface area contributed by atoms with Gasteiger partial charge in [0.25, 0.3) is 0 Å². The number of nitrogens with two attached hydrogens (primary N) is 1. The number of nitrogens with zero attached hydrogens (tertiary/aromatic N) is 1. The number of nitrogen functional groups attached to an aromatic ring is 1. The van der Waals surface area contributed by atoms with Gasteiger partial charge in [0.1, 0.15) is 10.7 Å². The zero-order valence-corrected chi connectivity index (χ0v) is 12.0. The summed E-state index contributed by atoms with van der Waals surface area (Å²) in [5.74, 6) is -0.824. The van der Waals surface area contributed by atoms with E-state index in [2.05, 4.69) is 0 Å². The quantitative estimate of drug-likeness (QED) is 0.796. The fourth-order valence-electron chi connectivity index (χ4n) is 1.52. The average molecular weight is 290 g/mol. The molecule has 0 aliphatic rings. The monoisotopic (exact) mass is 290 g/mol. The molecule has 7 heteroatoms. The van der Waals surface area contributed by atoms with Crippen LogP contribution in [0.3, 0.4) is 0 Å². The van der Waals surface area contributed by atoms with Gasteiger partial charge in [0.2, 0.25) is 10.0 Å². The summed E-state index contributed by atoms with van der Waals surface area (Å²) in [6.07, 6.45) is -0.343. The van der Waals surface area contributed by atoms with Gasteiger partial charge in [-0.3, -0.25) is 0 Å². The molecule has 0 amide bonds. The molecule has 1 unspecified atom stereocenters. The molecular weight excluding hydrogens is 271 g/mol. The van der Waals surface area contributed by atoms with Gasteiger partial charge in [0.15, 0.2) is 0 Å². The molecule has 0 bridgehead atoms. The lowest BCUT2D eigenvalue weighted by Gasteiger charge is -2.19. The Morgan fingerprint density at radius 1 is 1.47 bits per heavy atom. The average Bonchev–Trinajstić information content (AvgIpc) is 2.30. The van der Waals surface area contributed by atoms with E-state index in [-0.39, 0.29) is 18.7 Å². The van der Waals surface area contributed by atoms with Gasteiger partial charge in [-0.15, -0.1) is 0 Å². The predicted octanol–water partition coefficient (Wildman–Crippen LogP) is 1.11. The molecule has 0 saturated heterocycles. The van der Waals surface area contributed by atoms with Crippen LogP contribution >= 0.6 is 0 Å². The maximum atomic E-state index is 13.8. The van der Waals surface area contributed by atoms with Crippen molar-refractivity contribution in [3.8, 4) is 0 Å². The van der Waals surface area contributed by atoms with Gasteiger partial charge in [-0.25, -0.2) is 17.1 Å². The number of aliphatic hydroxyl groups excluding tert-OH is 1. The largest absolute Gasteiger partial charge is 0.398 e. The Morgan fingerprint density at radius 2 is 2.05 bits per heavy atom. The fraction of sp³-hybridized carbons (Fsp3) is 0.500. The van der Waals surface area contributed by atoms with Gasteiger partial charge in [-0.2, -0.15) is 0 Å². The summed E-state index contributed by atoms with van der Waals surface area (Å²) in [4.78, 5) is -0.441. The van der Waals surface area contributed by atoms with Gasteiger partial charge < -0.3 is 10.8 Å². The molecule has 0 aliphatic carbocycles. The van der Waals surface area contributed by atoms with E-state index in [9.17, 15) is 12.8 Å². The van der Waals surface area contributed by atoms with E-state index in [1.54, 1.807) is 13.8 Å². The molecule has 1 rings (SSSR count). The number of benzene rings is 1. The number of hydrogen-bond acceptors (Lipinski definition) is 4. The van der Waals surface area contributed by atoms with E-state index in [4.69, 9.17) is 10.8 Å². The summed E-state index contributed by atoms with van der Waals surface area (Å²) in [5.41, 5.74) is 6.33. The topological polar surface area (TPSA) is 83.6 Å². The number of halogens is 1. The lowest BCUT2D eigenvalue weighted by molar-refractivity contribution is 0.177. The molecule has 0 radical (unpaired) electrons. The molecule has 19 heavy (non-hydrogen) atoms. The highest BCUT2D eigenvalue weighted by atomic mass is 32.2. The van der Waals surface area contributed by atoms with Crippen LogP contribution in [0.2, 0.25) is 0 Å². The van der Waals surface area contributed by atoms with Crippen molar-refractivity contribution in [1.82, 2.24) is 4.31 Å². The third-order valence-electron chi connectivity index (χ3n) is 2.87. The number of hydrogen-bond donors (Lipinski definition) is 2. The number of aryl methyl sites for hydroxylation is 1. The zero-order chi connectivity index (χ0) is 14.8. The summed E-state index contributed by atoms with van der Waals surface area (Å²) in [6, 6.07) is 2.23. The summed E-state index contributed by atoms with van der Waals surface area (Å²) in [6.45, 7) is 3.27. The summed E-state index contributed by atoms with van der Waals surface area (Å²) < 4.78 is 39.1. The molecular formula is C12H19FN2O3S. The molecule has 0 aliphatic heterocycles. The number of aliphatic hydroxyl groups is 1. The fourth-order valence-corrected chi connectivity index (χ4v) is 2.79. The Morgan fingerprint density at radius 3 is 2.58 bits per heavy atom. The second-order valence-electron chi connectivity index (χ2n) is 4.60. The number of rotatable bonds is 5. The van der Waals surface area contributed by atoms with Crippen LogP contribution in [0.15, 0.2) is 17.0 Å². The standard InChI is InChI=1S/C12H19FN2O3S/c1-8-6-10(13)12(7-11(8)14)19(17,18)15(3)5-4-9(2)16/h6-7,9,16H,4-5,14H2,1-3H3. The molecule has 1 aromatic rings. The Kier molecular flexibility index (Phi) is 4.89. The Bertz CT molecular complexity index is 558. The zero-order valence-electron chi connectivity index (χ0n) is 11.2. The summed E-state index contributed by atoms with van der Waals surface area (Å²) in [7, 11) is -2.60. The maximum absolute atomic E-state index is 13.8. The second-order valence-corrected chi connectivity index (χ2v) is 6.62. The minimum absolute atomic E-state index is 0.104. The van der Waals surface area contributed by atoms with Crippen LogP contribution in [0.5, 0.6) is 0 Å². The first-order chi connectivity index (χ1) is 8.66. The van der Waals surface area contributed by atoms with Crippen molar-refractivity contribution in [1.29, 1.82) is 0 Å². The highest BCUT2D eigenvalue weighted by molar-refractivity contribution is 7.89. The van der Waals surface area contributed by atoms with Gasteiger partial charge in [-0.1, -0.05) is 0 Å². The second kappa shape index (κ2) is 5.85. The van der Waals surface area contributed by atoms with Crippen LogP contribution < -0.4 is 5.73 Å². The normalized spacial score (nSPS) is 13.8. The van der Waals surface area contributed by atoms with E-state index in [0.29, 0.717) is 5.56 Å². The highest BCUT2D eigenvalue weighted by Crippen LogP contribution is 2.24. The van der Waals surface area contributed by atoms with Crippen LogP contribution in [0, 0.1) is 12.7 Å². The molecule has 1 atom stereocenters. The van der Waals surface area contributed by atoms with Crippen molar-refractivity contribution in [2.75, 3.05) is 19.3 Å². The smallest absolute Gasteiger partial charge is 0.245 e. The summed E-state index contributed by atoms with van der Waals surface area (Å²) >= 11 is 0. The van der Waals surface area contributed by atoms with Crippen molar-refractivity contribution >= 4 is 15.7 Å². The maximum Gasteiger partial charge on any atom is 0.245 e. The first-order valence-corrected chi connectivity index (χ1v) is 7.30. The Hall–Kier alpha value is -1.18. The van der Waals surface area contributed by atoms with Crippen LogP contribution in [0.4, 0.5) is 10.1 Å². The van der Waals surface area contributed by atoms with Gasteiger partial charge in [0, 0.05) is 19.3 Å². The Balaban J connectivity index is 3.10. The lowest BCUT2D eigenvalue weighted by atomic mass is 10.2. The molecule has 0 saturated carbocycles. The molecule has 0 fully saturated rings. The van der Waals surface area contributed by atoms with E-state index in [1.165, 1.54) is 7.05 Å². The first kappa shape index (κ1) is 15.9. The molecule has 0 aromatic heterocycles. The van der Waals surface area contributed by atoms with Crippen molar-refractivity contribution < 1.29 is 17.9 Å². The van der Waals surface area contributed by atoms with Gasteiger partial charge >= 0.3 is 0 Å².